The quantitative estimate of drug-likeness (QED) is 0.804. The molecule has 0 atom stereocenters. The van der Waals surface area contributed by atoms with Gasteiger partial charge in [-0.15, -0.1) is 0 Å². The summed E-state index contributed by atoms with van der Waals surface area (Å²) in [6.45, 7) is 6.05. The highest BCUT2D eigenvalue weighted by atomic mass is 32.2. The molecule has 0 N–H and O–H groups in total. The van der Waals surface area contributed by atoms with E-state index in [9.17, 15) is 4.79 Å². The van der Waals surface area contributed by atoms with Crippen molar-refractivity contribution in [2.24, 2.45) is 0 Å². The van der Waals surface area contributed by atoms with Crippen LogP contribution in [0.25, 0.3) is 0 Å². The van der Waals surface area contributed by atoms with Gasteiger partial charge in [-0.2, -0.15) is 5.10 Å². The van der Waals surface area contributed by atoms with E-state index in [1.54, 1.807) is 24.1 Å². The Hall–Kier alpha value is -1.95. The van der Waals surface area contributed by atoms with Crippen molar-refractivity contribution in [2.75, 3.05) is 7.05 Å². The number of ether oxygens (including phenoxy) is 1. The minimum Gasteiger partial charge on any atom is -0.406 e. The van der Waals surface area contributed by atoms with Crippen LogP contribution in [0, 0.1) is 6.92 Å². The molecule has 5 nitrogen and oxygen atoms in total. The number of nitrogens with zero attached hydrogens (tertiary/aromatic N) is 3. The monoisotopic (exact) mass is 305 g/mol. The SMILES string of the molecule is Cc1ccc(SN(C)C(=O)Oc2cnn(C(C)C)c2)cc1. The van der Waals surface area contributed by atoms with Crippen LogP contribution in [0.2, 0.25) is 0 Å². The fraction of sp³-hybridized carbons (Fsp3) is 0.333. The van der Waals surface area contributed by atoms with E-state index in [0.29, 0.717) is 5.75 Å². The summed E-state index contributed by atoms with van der Waals surface area (Å²) in [5, 5.41) is 4.14. The maximum Gasteiger partial charge on any atom is 0.425 e. The first-order chi connectivity index (χ1) is 9.95. The molecular weight excluding hydrogens is 286 g/mol. The van der Waals surface area contributed by atoms with Crippen LogP contribution in [0.1, 0.15) is 25.5 Å². The molecule has 0 spiro atoms. The van der Waals surface area contributed by atoms with E-state index in [2.05, 4.69) is 5.10 Å². The Kier molecular flexibility index (Phi) is 4.90. The number of aromatic nitrogens is 2. The fourth-order valence-electron chi connectivity index (χ4n) is 1.62. The number of hydrogen-bond donors (Lipinski definition) is 0. The lowest BCUT2D eigenvalue weighted by molar-refractivity contribution is 0.187. The molecule has 0 fully saturated rings. The molecule has 0 radical (unpaired) electrons. The van der Waals surface area contributed by atoms with Crippen molar-refractivity contribution in [2.45, 2.75) is 31.7 Å². The van der Waals surface area contributed by atoms with Gasteiger partial charge >= 0.3 is 6.09 Å². The summed E-state index contributed by atoms with van der Waals surface area (Å²) in [6, 6.07) is 8.20. The normalized spacial score (nSPS) is 10.7. The van der Waals surface area contributed by atoms with Crippen molar-refractivity contribution in [3.63, 3.8) is 0 Å². The summed E-state index contributed by atoms with van der Waals surface area (Å²) < 4.78 is 8.49. The van der Waals surface area contributed by atoms with Gasteiger partial charge in [-0.3, -0.25) is 4.68 Å². The Morgan fingerprint density at radius 3 is 2.57 bits per heavy atom. The van der Waals surface area contributed by atoms with E-state index in [1.807, 2.05) is 45.0 Å². The number of hydrogen-bond acceptors (Lipinski definition) is 4. The first-order valence-corrected chi connectivity index (χ1v) is 7.47. The first kappa shape index (κ1) is 15.4. The number of amides is 1. The van der Waals surface area contributed by atoms with E-state index < -0.39 is 6.09 Å². The molecule has 21 heavy (non-hydrogen) atoms. The van der Waals surface area contributed by atoms with Crippen molar-refractivity contribution < 1.29 is 9.53 Å². The predicted octanol–water partition coefficient (Wildman–Crippen LogP) is 3.91. The standard InChI is InChI=1S/C15H19N3O2S/c1-11(2)18-10-13(9-16-18)20-15(19)17(4)21-14-7-5-12(3)6-8-14/h5-11H,1-4H3. The second-order valence-electron chi connectivity index (χ2n) is 5.02. The van der Waals surface area contributed by atoms with E-state index in [4.69, 9.17) is 4.74 Å². The van der Waals surface area contributed by atoms with E-state index >= 15 is 0 Å². The molecule has 0 aliphatic rings. The van der Waals surface area contributed by atoms with Crippen molar-refractivity contribution in [1.82, 2.24) is 14.1 Å². The number of aryl methyl sites for hydroxylation is 1. The van der Waals surface area contributed by atoms with Gasteiger partial charge in [-0.1, -0.05) is 17.7 Å². The van der Waals surface area contributed by atoms with Gasteiger partial charge in [0.1, 0.15) is 0 Å². The minimum absolute atomic E-state index is 0.233. The zero-order chi connectivity index (χ0) is 15.4. The van der Waals surface area contributed by atoms with Crippen molar-refractivity contribution in [1.29, 1.82) is 0 Å². The molecule has 0 aliphatic heterocycles. The van der Waals surface area contributed by atoms with Gasteiger partial charge in [0.25, 0.3) is 0 Å². The van der Waals surface area contributed by atoms with Gasteiger partial charge < -0.3 is 4.74 Å². The zero-order valence-electron chi connectivity index (χ0n) is 12.6. The molecule has 1 heterocycles. The molecule has 1 aromatic heterocycles. The average Bonchev–Trinajstić information content (AvgIpc) is 2.90. The van der Waals surface area contributed by atoms with Gasteiger partial charge in [0.15, 0.2) is 5.75 Å². The third-order valence-corrected chi connectivity index (χ3v) is 3.74. The number of carbonyl (C=O) groups is 1. The molecule has 2 rings (SSSR count). The molecule has 112 valence electrons. The third-order valence-electron chi connectivity index (χ3n) is 2.83. The largest absolute Gasteiger partial charge is 0.425 e. The highest BCUT2D eigenvalue weighted by Gasteiger charge is 2.14. The van der Waals surface area contributed by atoms with E-state index in [-0.39, 0.29) is 6.04 Å². The van der Waals surface area contributed by atoms with Crippen LogP contribution in [0.3, 0.4) is 0 Å². The van der Waals surface area contributed by atoms with Gasteiger partial charge in [-0.25, -0.2) is 9.10 Å². The molecule has 0 unspecified atom stereocenters. The molecule has 0 aliphatic carbocycles. The van der Waals surface area contributed by atoms with Crippen molar-refractivity contribution in [3.8, 4) is 5.75 Å². The second-order valence-corrected chi connectivity index (χ2v) is 6.22. The van der Waals surface area contributed by atoms with Crippen LogP contribution in [0.4, 0.5) is 4.79 Å². The highest BCUT2D eigenvalue weighted by molar-refractivity contribution is 7.97. The van der Waals surface area contributed by atoms with Crippen molar-refractivity contribution in [3.05, 3.63) is 42.2 Å². The topological polar surface area (TPSA) is 47.4 Å². The molecule has 1 amide bonds. The van der Waals surface area contributed by atoms with Gasteiger partial charge in [0.2, 0.25) is 0 Å². The summed E-state index contributed by atoms with van der Waals surface area (Å²) in [4.78, 5) is 13.0. The van der Waals surface area contributed by atoms with E-state index in [1.165, 1.54) is 21.8 Å². The lowest BCUT2D eigenvalue weighted by Gasteiger charge is -2.14. The maximum absolute atomic E-state index is 12.0. The molecule has 0 saturated carbocycles. The Labute approximate surface area is 129 Å². The minimum atomic E-state index is -0.427. The molecule has 6 heteroatoms. The Morgan fingerprint density at radius 2 is 2.00 bits per heavy atom. The lowest BCUT2D eigenvalue weighted by Crippen LogP contribution is -2.23. The summed E-state index contributed by atoms with van der Waals surface area (Å²) >= 11 is 1.32. The third kappa shape index (κ3) is 4.26. The molecule has 1 aromatic carbocycles. The lowest BCUT2D eigenvalue weighted by atomic mass is 10.2. The van der Waals surface area contributed by atoms with Gasteiger partial charge in [-0.05, 0) is 44.9 Å². The fourth-order valence-corrected chi connectivity index (χ4v) is 2.30. The van der Waals surface area contributed by atoms with Crippen LogP contribution in [-0.4, -0.2) is 27.2 Å². The summed E-state index contributed by atoms with van der Waals surface area (Å²) in [7, 11) is 1.68. The number of carbonyl (C=O) groups excluding carboxylic acids is 1. The summed E-state index contributed by atoms with van der Waals surface area (Å²) in [6.07, 6.45) is 2.83. The van der Waals surface area contributed by atoms with Crippen LogP contribution >= 0.6 is 11.9 Å². The molecule has 0 saturated heterocycles. The van der Waals surface area contributed by atoms with Crippen LogP contribution in [-0.2, 0) is 0 Å². The predicted molar refractivity (Wildman–Crippen MR) is 83.4 cm³/mol. The van der Waals surface area contributed by atoms with Gasteiger partial charge in [0.05, 0.1) is 12.4 Å². The zero-order valence-corrected chi connectivity index (χ0v) is 13.4. The first-order valence-electron chi connectivity index (χ1n) is 6.70. The van der Waals surface area contributed by atoms with Gasteiger partial charge in [0, 0.05) is 18.0 Å². The Morgan fingerprint density at radius 1 is 1.33 bits per heavy atom. The molecular formula is C15H19N3O2S. The van der Waals surface area contributed by atoms with E-state index in [0.717, 1.165) is 4.90 Å². The smallest absolute Gasteiger partial charge is 0.406 e. The Bertz CT molecular complexity index is 608. The summed E-state index contributed by atoms with van der Waals surface area (Å²) in [5.41, 5.74) is 1.19. The van der Waals surface area contributed by atoms with Crippen LogP contribution < -0.4 is 4.74 Å². The molecule has 0 bridgehead atoms. The van der Waals surface area contributed by atoms with Crippen LogP contribution in [0.5, 0.6) is 5.75 Å². The number of benzene rings is 1. The Balaban J connectivity index is 1.94. The second kappa shape index (κ2) is 6.67. The highest BCUT2D eigenvalue weighted by Crippen LogP contribution is 2.23. The maximum atomic E-state index is 12.0. The number of rotatable bonds is 4. The van der Waals surface area contributed by atoms with Crippen LogP contribution in [0.15, 0.2) is 41.6 Å². The summed E-state index contributed by atoms with van der Waals surface area (Å²) in [5.74, 6) is 0.449. The average molecular weight is 305 g/mol. The van der Waals surface area contributed by atoms with Crippen molar-refractivity contribution >= 4 is 18.0 Å². The molecule has 2 aromatic rings.